The first-order valence-corrected chi connectivity index (χ1v) is 4.32. The van der Waals surface area contributed by atoms with Gasteiger partial charge in [0.05, 0.1) is 0 Å². The maximum Gasteiger partial charge on any atom is 0.0344 e. The van der Waals surface area contributed by atoms with Gasteiger partial charge in [0.1, 0.15) is 0 Å². The van der Waals surface area contributed by atoms with Crippen LogP contribution in [0.5, 0.6) is 0 Å². The van der Waals surface area contributed by atoms with Gasteiger partial charge in [-0.2, -0.15) is 0 Å². The van der Waals surface area contributed by atoms with E-state index in [4.69, 9.17) is 5.73 Å². The lowest BCUT2D eigenvalue weighted by Crippen LogP contribution is -2.25. The Kier molecular flexibility index (Phi) is 2.53. The van der Waals surface area contributed by atoms with E-state index in [1.807, 2.05) is 18.2 Å². The van der Waals surface area contributed by atoms with E-state index in [1.54, 1.807) is 0 Å². The third kappa shape index (κ3) is 2.08. The summed E-state index contributed by atoms with van der Waals surface area (Å²) in [4.78, 5) is 0. The highest BCUT2D eigenvalue weighted by molar-refractivity contribution is 5.19. The molecule has 12 heavy (non-hydrogen) atoms. The molecule has 66 valence electrons. The number of hydrogen-bond acceptors (Lipinski definition) is 1. The van der Waals surface area contributed by atoms with Gasteiger partial charge in [0.25, 0.3) is 0 Å². The predicted octanol–water partition coefficient (Wildman–Crippen LogP) is 2.73. The third-order valence-electron chi connectivity index (χ3n) is 2.09. The van der Waals surface area contributed by atoms with Crippen LogP contribution in [0.25, 0.3) is 0 Å². The van der Waals surface area contributed by atoms with Gasteiger partial charge in [-0.3, -0.25) is 0 Å². The molecule has 1 aromatic rings. The zero-order valence-corrected chi connectivity index (χ0v) is 8.04. The molecule has 1 heteroatoms. The SMILES string of the molecule is CC(C)(C)[C@@H](N)c1ccccc1. The zero-order chi connectivity index (χ0) is 9.19. The maximum absolute atomic E-state index is 6.07. The molecule has 0 heterocycles. The highest BCUT2D eigenvalue weighted by Gasteiger charge is 2.21. The highest BCUT2D eigenvalue weighted by atomic mass is 14.7. The van der Waals surface area contributed by atoms with Gasteiger partial charge in [-0.05, 0) is 11.0 Å². The van der Waals surface area contributed by atoms with Crippen LogP contribution in [0.1, 0.15) is 32.4 Å². The van der Waals surface area contributed by atoms with E-state index in [2.05, 4.69) is 32.9 Å². The maximum atomic E-state index is 6.07. The average molecular weight is 163 g/mol. The molecule has 1 nitrogen and oxygen atoms in total. The van der Waals surface area contributed by atoms with E-state index < -0.39 is 0 Å². The fourth-order valence-corrected chi connectivity index (χ4v) is 1.16. The van der Waals surface area contributed by atoms with Gasteiger partial charge >= 0.3 is 0 Å². The molecule has 1 rings (SSSR count). The van der Waals surface area contributed by atoms with Gasteiger partial charge in [0.2, 0.25) is 0 Å². The normalized spacial score (nSPS) is 14.3. The monoisotopic (exact) mass is 163 g/mol. The average Bonchev–Trinajstić information content (AvgIpc) is 2.03. The molecule has 0 saturated heterocycles. The molecule has 0 unspecified atom stereocenters. The Morgan fingerprint density at radius 2 is 1.58 bits per heavy atom. The predicted molar refractivity (Wildman–Crippen MR) is 52.8 cm³/mol. The van der Waals surface area contributed by atoms with Crippen molar-refractivity contribution in [3.8, 4) is 0 Å². The molecule has 0 bridgehead atoms. The third-order valence-corrected chi connectivity index (χ3v) is 2.09. The molecule has 0 aliphatic rings. The lowest BCUT2D eigenvalue weighted by Gasteiger charge is -2.27. The molecule has 1 atom stereocenters. The van der Waals surface area contributed by atoms with E-state index in [0.29, 0.717) is 0 Å². The Labute approximate surface area is 74.6 Å². The van der Waals surface area contributed by atoms with Crippen molar-refractivity contribution in [1.82, 2.24) is 0 Å². The van der Waals surface area contributed by atoms with Gasteiger partial charge < -0.3 is 5.73 Å². The van der Waals surface area contributed by atoms with Gasteiger partial charge in [-0.15, -0.1) is 0 Å². The second-order valence-electron chi connectivity index (χ2n) is 4.25. The number of hydrogen-bond donors (Lipinski definition) is 1. The van der Waals surface area contributed by atoms with Crippen molar-refractivity contribution in [3.63, 3.8) is 0 Å². The van der Waals surface area contributed by atoms with E-state index in [0.717, 1.165) is 0 Å². The molecule has 0 radical (unpaired) electrons. The molecule has 2 N–H and O–H groups in total. The smallest absolute Gasteiger partial charge is 0.0344 e. The molecule has 0 spiro atoms. The van der Waals surface area contributed by atoms with E-state index in [9.17, 15) is 0 Å². The molecule has 0 fully saturated rings. The Balaban J connectivity index is 2.86. The van der Waals surface area contributed by atoms with E-state index in [1.165, 1.54) is 5.56 Å². The van der Waals surface area contributed by atoms with Crippen LogP contribution in [0, 0.1) is 5.41 Å². The van der Waals surface area contributed by atoms with Crippen molar-refractivity contribution >= 4 is 0 Å². The van der Waals surface area contributed by atoms with Gasteiger partial charge in [0.15, 0.2) is 0 Å². The minimum absolute atomic E-state index is 0.124. The zero-order valence-electron chi connectivity index (χ0n) is 8.04. The second-order valence-corrected chi connectivity index (χ2v) is 4.25. The van der Waals surface area contributed by atoms with Crippen molar-refractivity contribution in [1.29, 1.82) is 0 Å². The Hall–Kier alpha value is -0.820. The summed E-state index contributed by atoms with van der Waals surface area (Å²) in [5.41, 5.74) is 7.43. The van der Waals surface area contributed by atoms with E-state index >= 15 is 0 Å². The summed E-state index contributed by atoms with van der Waals surface area (Å²) in [6.45, 7) is 6.47. The van der Waals surface area contributed by atoms with Crippen molar-refractivity contribution in [3.05, 3.63) is 35.9 Å². The molecule has 0 aliphatic carbocycles. The quantitative estimate of drug-likeness (QED) is 0.676. The summed E-state index contributed by atoms with van der Waals surface area (Å²) in [6.07, 6.45) is 0. The van der Waals surface area contributed by atoms with Crippen molar-refractivity contribution in [2.75, 3.05) is 0 Å². The molecule has 0 amide bonds. The Morgan fingerprint density at radius 3 is 2.00 bits per heavy atom. The van der Waals surface area contributed by atoms with Crippen LogP contribution < -0.4 is 5.73 Å². The number of benzene rings is 1. The summed E-state index contributed by atoms with van der Waals surface area (Å²) in [7, 11) is 0. The standard InChI is InChI=1S/C11H17N/c1-11(2,3)10(12)9-7-5-4-6-8-9/h4-8,10H,12H2,1-3H3/t10-/m0/s1. The van der Waals surface area contributed by atoms with Crippen molar-refractivity contribution < 1.29 is 0 Å². The second kappa shape index (κ2) is 3.28. The van der Waals surface area contributed by atoms with Crippen LogP contribution in [-0.2, 0) is 0 Å². The molecule has 0 aliphatic heterocycles. The molecular formula is C11H17N. The first-order chi connectivity index (χ1) is 5.52. The number of nitrogens with two attached hydrogens (primary N) is 1. The van der Waals surface area contributed by atoms with Crippen LogP contribution in [0.15, 0.2) is 30.3 Å². The fraction of sp³-hybridized carbons (Fsp3) is 0.455. The first-order valence-electron chi connectivity index (χ1n) is 4.32. The highest BCUT2D eigenvalue weighted by Crippen LogP contribution is 2.29. The van der Waals surface area contributed by atoms with Crippen molar-refractivity contribution in [2.24, 2.45) is 11.1 Å². The number of rotatable bonds is 1. The molecule has 0 aromatic heterocycles. The Bertz CT molecular complexity index is 233. The summed E-state index contributed by atoms with van der Waals surface area (Å²) in [6, 6.07) is 10.4. The minimum atomic E-state index is 0.124. The lowest BCUT2D eigenvalue weighted by atomic mass is 9.83. The van der Waals surface area contributed by atoms with Crippen molar-refractivity contribution in [2.45, 2.75) is 26.8 Å². The van der Waals surface area contributed by atoms with Gasteiger partial charge in [-0.1, -0.05) is 51.1 Å². The fourth-order valence-electron chi connectivity index (χ4n) is 1.16. The Morgan fingerprint density at radius 1 is 1.08 bits per heavy atom. The van der Waals surface area contributed by atoms with Crippen LogP contribution in [-0.4, -0.2) is 0 Å². The topological polar surface area (TPSA) is 26.0 Å². The lowest BCUT2D eigenvalue weighted by molar-refractivity contribution is 0.327. The van der Waals surface area contributed by atoms with E-state index in [-0.39, 0.29) is 11.5 Å². The summed E-state index contributed by atoms with van der Waals surface area (Å²) in [5, 5.41) is 0. The minimum Gasteiger partial charge on any atom is -0.324 e. The molecular weight excluding hydrogens is 146 g/mol. The van der Waals surface area contributed by atoms with Gasteiger partial charge in [-0.25, -0.2) is 0 Å². The summed E-state index contributed by atoms with van der Waals surface area (Å²) < 4.78 is 0. The van der Waals surface area contributed by atoms with Crippen LogP contribution in [0.3, 0.4) is 0 Å². The summed E-state index contributed by atoms with van der Waals surface area (Å²) >= 11 is 0. The van der Waals surface area contributed by atoms with Crippen LogP contribution in [0.2, 0.25) is 0 Å². The van der Waals surface area contributed by atoms with Crippen LogP contribution in [0.4, 0.5) is 0 Å². The summed E-state index contributed by atoms with van der Waals surface area (Å²) in [5.74, 6) is 0. The van der Waals surface area contributed by atoms with Gasteiger partial charge in [0, 0.05) is 6.04 Å². The molecule has 0 saturated carbocycles. The largest absolute Gasteiger partial charge is 0.324 e. The molecule has 1 aromatic carbocycles. The van der Waals surface area contributed by atoms with Crippen LogP contribution >= 0.6 is 0 Å². The first kappa shape index (κ1) is 9.27.